The van der Waals surface area contributed by atoms with Gasteiger partial charge >= 0.3 is 6.18 Å². The number of nitrogens with zero attached hydrogens (tertiary/aromatic N) is 4. The molecule has 0 unspecified atom stereocenters. The van der Waals surface area contributed by atoms with Crippen LogP contribution in [-0.2, 0) is 24.7 Å². The predicted octanol–water partition coefficient (Wildman–Crippen LogP) is 3.40. The van der Waals surface area contributed by atoms with E-state index in [2.05, 4.69) is 33.2 Å². The maximum absolute atomic E-state index is 13.1. The molecule has 1 aromatic carbocycles. The van der Waals surface area contributed by atoms with E-state index in [-0.39, 0.29) is 25.2 Å². The summed E-state index contributed by atoms with van der Waals surface area (Å²) in [5.41, 5.74) is 1.93. The average molecular weight is 453 g/mol. The van der Waals surface area contributed by atoms with Crippen molar-refractivity contribution in [2.75, 3.05) is 13.2 Å². The van der Waals surface area contributed by atoms with Crippen LogP contribution in [0.4, 0.5) is 13.2 Å². The Morgan fingerprint density at radius 1 is 1.23 bits per heavy atom. The molecule has 0 aliphatic heterocycles. The van der Waals surface area contributed by atoms with E-state index in [0.717, 1.165) is 12.1 Å². The normalized spacial score (nSPS) is 11.1. The van der Waals surface area contributed by atoms with Crippen LogP contribution in [0.25, 0.3) is 22.6 Å². The van der Waals surface area contributed by atoms with Crippen LogP contribution in [0.2, 0.25) is 0 Å². The van der Waals surface area contributed by atoms with E-state index in [0.29, 0.717) is 47.0 Å². The summed E-state index contributed by atoms with van der Waals surface area (Å²) in [6, 6.07) is 3.54. The van der Waals surface area contributed by atoms with Crippen LogP contribution in [0.15, 0.2) is 43.4 Å². The second-order valence-corrected chi connectivity index (χ2v) is 6.36. The van der Waals surface area contributed by atoms with Crippen LogP contribution in [0.3, 0.4) is 0 Å². The summed E-state index contributed by atoms with van der Waals surface area (Å²) in [6.45, 7) is 6.09. The summed E-state index contributed by atoms with van der Waals surface area (Å²) in [4.78, 5) is 12.2. The molecule has 0 aliphatic carbocycles. The molecule has 0 bridgehead atoms. The van der Waals surface area contributed by atoms with Gasteiger partial charge in [0.05, 0.1) is 28.8 Å². The quantitative estimate of drug-likeness (QED) is 0.424. The van der Waals surface area contributed by atoms with Gasteiger partial charge in [-0.2, -0.15) is 13.2 Å². The van der Waals surface area contributed by atoms with Crippen LogP contribution in [0.1, 0.15) is 23.4 Å². The zero-order valence-corrected chi connectivity index (χ0v) is 17.5. The Hall–Kier alpha value is -2.62. The summed E-state index contributed by atoms with van der Waals surface area (Å²) in [5, 5.41) is 12.0. The number of imidazole rings is 1. The number of alkyl halides is 3. The molecular weight excluding hydrogens is 434 g/mol. The molecule has 2 aromatic heterocycles. The van der Waals surface area contributed by atoms with Crippen molar-refractivity contribution in [2.24, 2.45) is 0 Å². The minimum atomic E-state index is -4.43. The first-order valence-corrected chi connectivity index (χ1v) is 8.81. The maximum Gasteiger partial charge on any atom is 0.416 e. The van der Waals surface area contributed by atoms with Gasteiger partial charge in [-0.25, -0.2) is 4.98 Å². The third-order valence-electron chi connectivity index (χ3n) is 4.29. The number of halogens is 3. The third-order valence-corrected chi connectivity index (χ3v) is 4.29. The second-order valence-electron chi connectivity index (χ2n) is 6.36. The van der Waals surface area contributed by atoms with E-state index >= 15 is 0 Å². The molecule has 1 radical (unpaired) electrons. The Morgan fingerprint density at radius 3 is 2.53 bits per heavy atom. The van der Waals surface area contributed by atoms with E-state index in [1.54, 1.807) is 30.1 Å². The van der Waals surface area contributed by atoms with Gasteiger partial charge in [0, 0.05) is 38.0 Å². The van der Waals surface area contributed by atoms with E-state index in [4.69, 9.17) is 5.11 Å². The number of hydrogen-bond acceptors (Lipinski definition) is 5. The largest absolute Gasteiger partial charge is 0.416 e. The zero-order valence-electron chi connectivity index (χ0n) is 16.1. The average Bonchev–Trinajstić information content (AvgIpc) is 3.13. The van der Waals surface area contributed by atoms with Gasteiger partial charge in [-0.1, -0.05) is 24.5 Å². The molecule has 2 heterocycles. The van der Waals surface area contributed by atoms with Crippen LogP contribution in [0.5, 0.6) is 0 Å². The van der Waals surface area contributed by atoms with Gasteiger partial charge in [-0.05, 0) is 37.1 Å². The SMILES string of the molecule is C=C(NCCCO)c1ncc(-c2cn[c-]nc2)n1-c1ccc(C(F)(F)F)cc1C.[V]. The van der Waals surface area contributed by atoms with Crippen molar-refractivity contribution < 1.29 is 36.8 Å². The van der Waals surface area contributed by atoms with Gasteiger partial charge in [-0.3, -0.25) is 4.57 Å². The molecule has 10 heteroatoms. The molecule has 0 fully saturated rings. The number of aliphatic hydroxyl groups excluding tert-OH is 1. The Kier molecular flexibility index (Phi) is 7.83. The maximum atomic E-state index is 13.1. The van der Waals surface area contributed by atoms with Gasteiger partial charge in [-0.15, -0.1) is 0 Å². The van der Waals surface area contributed by atoms with Crippen molar-refractivity contribution in [3.8, 4) is 16.9 Å². The topological polar surface area (TPSA) is 75.9 Å². The third kappa shape index (κ3) is 5.10. The number of rotatable bonds is 7. The number of aromatic nitrogens is 4. The minimum Gasteiger partial charge on any atom is -0.396 e. The van der Waals surface area contributed by atoms with Crippen molar-refractivity contribution in [1.82, 2.24) is 24.8 Å². The first kappa shape index (κ1) is 23.7. The summed E-state index contributed by atoms with van der Waals surface area (Å²) in [7, 11) is 0. The van der Waals surface area contributed by atoms with Gasteiger partial charge < -0.3 is 20.4 Å². The number of benzene rings is 1. The number of aliphatic hydroxyl groups is 1. The van der Waals surface area contributed by atoms with Crippen molar-refractivity contribution >= 4 is 5.70 Å². The molecule has 3 aromatic rings. The van der Waals surface area contributed by atoms with Crippen LogP contribution < -0.4 is 5.32 Å². The molecular formula is C20H19F3N5OV-. The van der Waals surface area contributed by atoms with Crippen molar-refractivity contribution in [3.63, 3.8) is 0 Å². The zero-order chi connectivity index (χ0) is 21.0. The summed E-state index contributed by atoms with van der Waals surface area (Å²) in [5.74, 6) is 0.439. The fourth-order valence-corrected chi connectivity index (χ4v) is 2.89. The smallest absolute Gasteiger partial charge is 0.396 e. The van der Waals surface area contributed by atoms with Gasteiger partial charge in [0.25, 0.3) is 0 Å². The van der Waals surface area contributed by atoms with Crippen molar-refractivity contribution in [3.05, 3.63) is 66.6 Å². The molecule has 0 saturated heterocycles. The molecule has 6 nitrogen and oxygen atoms in total. The summed E-state index contributed by atoms with van der Waals surface area (Å²) < 4.78 is 41.0. The van der Waals surface area contributed by atoms with E-state index < -0.39 is 11.7 Å². The number of aryl methyl sites for hydroxylation is 1. The Balaban J connectivity index is 0.00000320. The predicted molar refractivity (Wildman–Crippen MR) is 102 cm³/mol. The molecule has 3 rings (SSSR count). The molecule has 157 valence electrons. The number of hydrogen-bond donors (Lipinski definition) is 2. The van der Waals surface area contributed by atoms with Gasteiger partial charge in [0.1, 0.15) is 0 Å². The Labute approximate surface area is 183 Å². The van der Waals surface area contributed by atoms with Crippen LogP contribution >= 0.6 is 0 Å². The molecule has 30 heavy (non-hydrogen) atoms. The first-order chi connectivity index (χ1) is 13.8. The van der Waals surface area contributed by atoms with E-state index in [9.17, 15) is 13.2 Å². The van der Waals surface area contributed by atoms with Crippen molar-refractivity contribution in [1.29, 1.82) is 0 Å². The molecule has 0 aliphatic rings. The van der Waals surface area contributed by atoms with E-state index in [1.807, 2.05) is 0 Å². The van der Waals surface area contributed by atoms with Gasteiger partial charge in [0.15, 0.2) is 5.82 Å². The van der Waals surface area contributed by atoms with Crippen LogP contribution in [0, 0.1) is 13.3 Å². The standard InChI is InChI=1S/C20H19F3N5O.V/c1-13-8-16(20(21,22)23)4-5-17(13)28-18(15-9-24-12-25-10-15)11-27-19(28)14(2)26-6-3-7-29;/h4-5,8-11,26,29H,2-3,6-7H2,1H3;/q-1;. The Morgan fingerprint density at radius 2 is 1.93 bits per heavy atom. The second kappa shape index (κ2) is 9.93. The molecule has 0 spiro atoms. The molecule has 0 amide bonds. The fourth-order valence-electron chi connectivity index (χ4n) is 2.89. The summed E-state index contributed by atoms with van der Waals surface area (Å²) in [6.07, 6.45) is 3.23. The minimum absolute atomic E-state index is 0. The first-order valence-electron chi connectivity index (χ1n) is 8.81. The molecule has 0 saturated carbocycles. The van der Waals surface area contributed by atoms with Crippen LogP contribution in [-0.4, -0.2) is 37.8 Å². The molecule has 2 N–H and O–H groups in total. The fraction of sp³-hybridized carbons (Fsp3) is 0.250. The summed E-state index contributed by atoms with van der Waals surface area (Å²) >= 11 is 0. The monoisotopic (exact) mass is 453 g/mol. The van der Waals surface area contributed by atoms with Crippen molar-refractivity contribution in [2.45, 2.75) is 19.5 Å². The number of nitrogens with one attached hydrogen (secondary N) is 1. The molecule has 0 atom stereocenters. The Bertz CT molecular complexity index is 1010. The van der Waals surface area contributed by atoms with Gasteiger partial charge in [0.2, 0.25) is 0 Å². The van der Waals surface area contributed by atoms with E-state index in [1.165, 1.54) is 6.07 Å².